The second-order valence-electron chi connectivity index (χ2n) is 4.89. The van der Waals surface area contributed by atoms with Crippen LogP contribution in [0.1, 0.15) is 25.7 Å². The highest BCUT2D eigenvalue weighted by atomic mass is 19.4. The fraction of sp³-hybridized carbons (Fsp3) is 0.692. The van der Waals surface area contributed by atoms with E-state index in [1.807, 2.05) is 0 Å². The van der Waals surface area contributed by atoms with Gasteiger partial charge in [-0.3, -0.25) is 9.59 Å². The van der Waals surface area contributed by atoms with Gasteiger partial charge < -0.3 is 10.0 Å². The third-order valence-electron chi connectivity index (χ3n) is 3.41. The summed E-state index contributed by atoms with van der Waals surface area (Å²) in [5.74, 6) is -1.98. The van der Waals surface area contributed by atoms with Crippen LogP contribution in [0.4, 0.5) is 13.2 Å². The fourth-order valence-electron chi connectivity index (χ4n) is 2.45. The van der Waals surface area contributed by atoms with Crippen molar-refractivity contribution in [3.05, 3.63) is 0 Å². The van der Waals surface area contributed by atoms with Crippen LogP contribution < -0.4 is 0 Å². The smallest absolute Gasteiger partial charge is 0.391 e. The Hall–Kier alpha value is -1.71. The lowest BCUT2D eigenvalue weighted by Gasteiger charge is -2.32. The highest BCUT2D eigenvalue weighted by molar-refractivity contribution is 5.83. The number of rotatable bonds is 4. The van der Waals surface area contributed by atoms with Crippen molar-refractivity contribution in [1.82, 2.24) is 4.90 Å². The van der Waals surface area contributed by atoms with E-state index in [1.54, 1.807) is 0 Å². The van der Waals surface area contributed by atoms with E-state index in [0.29, 0.717) is 12.8 Å². The molecule has 20 heavy (non-hydrogen) atoms. The van der Waals surface area contributed by atoms with Crippen LogP contribution in [-0.4, -0.2) is 41.1 Å². The summed E-state index contributed by atoms with van der Waals surface area (Å²) in [5.41, 5.74) is 0. The molecule has 0 radical (unpaired) electrons. The summed E-state index contributed by atoms with van der Waals surface area (Å²) >= 11 is 0. The second-order valence-corrected chi connectivity index (χ2v) is 4.89. The standard InChI is InChI=1S/C13H16F3NO3/c1-2-6-17(8-11(18)19)12(20)9-4-3-5-10(7-9)13(14,15)16/h1,9-10H,3-8H2,(H,18,19). The van der Waals surface area contributed by atoms with Gasteiger partial charge in [-0.15, -0.1) is 6.42 Å². The summed E-state index contributed by atoms with van der Waals surface area (Å²) in [4.78, 5) is 23.7. The van der Waals surface area contributed by atoms with Crippen molar-refractivity contribution in [2.75, 3.05) is 13.1 Å². The predicted molar refractivity (Wildman–Crippen MR) is 64.6 cm³/mol. The number of hydrogen-bond donors (Lipinski definition) is 1. The monoisotopic (exact) mass is 291 g/mol. The zero-order valence-electron chi connectivity index (χ0n) is 10.8. The van der Waals surface area contributed by atoms with Crippen molar-refractivity contribution < 1.29 is 27.9 Å². The van der Waals surface area contributed by atoms with Crippen molar-refractivity contribution in [3.8, 4) is 12.3 Å². The summed E-state index contributed by atoms with van der Waals surface area (Å²) < 4.78 is 38.1. The summed E-state index contributed by atoms with van der Waals surface area (Å²) in [7, 11) is 0. The van der Waals surface area contributed by atoms with E-state index in [-0.39, 0.29) is 19.4 Å². The number of halogens is 3. The molecule has 0 saturated heterocycles. The fourth-order valence-corrected chi connectivity index (χ4v) is 2.45. The molecule has 0 aromatic rings. The van der Waals surface area contributed by atoms with Crippen LogP contribution in [-0.2, 0) is 9.59 Å². The molecule has 0 heterocycles. The minimum atomic E-state index is -4.32. The van der Waals surface area contributed by atoms with Crippen molar-refractivity contribution in [1.29, 1.82) is 0 Å². The molecule has 1 rings (SSSR count). The molecule has 112 valence electrons. The van der Waals surface area contributed by atoms with Crippen molar-refractivity contribution >= 4 is 11.9 Å². The van der Waals surface area contributed by atoms with E-state index < -0.39 is 36.4 Å². The molecule has 2 unspecified atom stereocenters. The molecule has 0 spiro atoms. The number of aliphatic carboxylic acids is 1. The van der Waals surface area contributed by atoms with E-state index in [0.717, 1.165) is 4.90 Å². The van der Waals surface area contributed by atoms with Crippen molar-refractivity contribution in [2.45, 2.75) is 31.9 Å². The lowest BCUT2D eigenvalue weighted by molar-refractivity contribution is -0.187. The second kappa shape index (κ2) is 6.64. The lowest BCUT2D eigenvalue weighted by atomic mass is 9.80. The molecule has 1 N–H and O–H groups in total. The highest BCUT2D eigenvalue weighted by Gasteiger charge is 2.44. The van der Waals surface area contributed by atoms with Crippen molar-refractivity contribution in [2.24, 2.45) is 11.8 Å². The molecule has 1 fully saturated rings. The minimum Gasteiger partial charge on any atom is -0.480 e. The summed E-state index contributed by atoms with van der Waals surface area (Å²) in [5, 5.41) is 8.70. The summed E-state index contributed by atoms with van der Waals surface area (Å²) in [6.07, 6.45) is 1.10. The Balaban J connectivity index is 2.74. The largest absolute Gasteiger partial charge is 0.480 e. The average molecular weight is 291 g/mol. The van der Waals surface area contributed by atoms with Gasteiger partial charge in [-0.25, -0.2) is 0 Å². The van der Waals surface area contributed by atoms with Gasteiger partial charge in [0, 0.05) is 5.92 Å². The van der Waals surface area contributed by atoms with Gasteiger partial charge in [0.1, 0.15) is 6.54 Å². The first-order valence-electron chi connectivity index (χ1n) is 6.26. The normalized spacial score (nSPS) is 22.9. The van der Waals surface area contributed by atoms with Gasteiger partial charge >= 0.3 is 12.1 Å². The number of carbonyl (C=O) groups excluding carboxylic acids is 1. The number of carboxylic acid groups (broad SMARTS) is 1. The number of amides is 1. The molecule has 1 aliphatic rings. The van der Waals surface area contributed by atoms with Gasteiger partial charge in [0.15, 0.2) is 0 Å². The maximum absolute atomic E-state index is 12.7. The Kier molecular flexibility index (Phi) is 5.43. The van der Waals surface area contributed by atoms with E-state index >= 15 is 0 Å². The van der Waals surface area contributed by atoms with Crippen LogP contribution in [0.25, 0.3) is 0 Å². The van der Waals surface area contributed by atoms with Gasteiger partial charge in [0.05, 0.1) is 12.5 Å². The number of carbonyl (C=O) groups is 2. The zero-order chi connectivity index (χ0) is 15.3. The van der Waals surface area contributed by atoms with E-state index in [9.17, 15) is 22.8 Å². The van der Waals surface area contributed by atoms with Gasteiger partial charge in [-0.1, -0.05) is 12.3 Å². The van der Waals surface area contributed by atoms with Crippen LogP contribution in [0.2, 0.25) is 0 Å². The first-order chi connectivity index (χ1) is 9.25. The first-order valence-corrected chi connectivity index (χ1v) is 6.26. The average Bonchev–Trinajstić information content (AvgIpc) is 2.36. The van der Waals surface area contributed by atoms with Gasteiger partial charge in [-0.2, -0.15) is 13.2 Å². The van der Waals surface area contributed by atoms with Crippen LogP contribution in [0.15, 0.2) is 0 Å². The lowest BCUT2D eigenvalue weighted by Crippen LogP contribution is -2.42. The number of hydrogen-bond acceptors (Lipinski definition) is 2. The number of terminal acetylenes is 1. The number of nitrogens with zero attached hydrogens (tertiary/aromatic N) is 1. The molecule has 0 aliphatic heterocycles. The molecule has 4 nitrogen and oxygen atoms in total. The third-order valence-corrected chi connectivity index (χ3v) is 3.41. The maximum atomic E-state index is 12.7. The highest BCUT2D eigenvalue weighted by Crippen LogP contribution is 2.40. The SMILES string of the molecule is C#CCN(CC(=O)O)C(=O)C1CCCC(C(F)(F)F)C1. The van der Waals surface area contributed by atoms with E-state index in [2.05, 4.69) is 5.92 Å². The molecule has 1 amide bonds. The maximum Gasteiger partial charge on any atom is 0.391 e. The zero-order valence-corrected chi connectivity index (χ0v) is 10.8. The molecule has 0 bridgehead atoms. The van der Waals surface area contributed by atoms with Crippen LogP contribution >= 0.6 is 0 Å². The van der Waals surface area contributed by atoms with Gasteiger partial charge in [0.25, 0.3) is 0 Å². The molecular weight excluding hydrogens is 275 g/mol. The number of carboxylic acids is 1. The van der Waals surface area contributed by atoms with Crippen LogP contribution in [0.5, 0.6) is 0 Å². The summed E-state index contributed by atoms with van der Waals surface area (Å²) in [6, 6.07) is 0. The van der Waals surface area contributed by atoms with E-state index in [1.165, 1.54) is 0 Å². The Labute approximate surface area is 114 Å². The van der Waals surface area contributed by atoms with Gasteiger partial charge in [0.2, 0.25) is 5.91 Å². The quantitative estimate of drug-likeness (QED) is 0.805. The molecule has 0 aromatic heterocycles. The third kappa shape index (κ3) is 4.44. The van der Waals surface area contributed by atoms with Gasteiger partial charge in [-0.05, 0) is 19.3 Å². The Morgan fingerprint density at radius 1 is 1.35 bits per heavy atom. The molecule has 7 heteroatoms. The molecule has 0 aromatic carbocycles. The Morgan fingerprint density at radius 3 is 2.50 bits per heavy atom. The van der Waals surface area contributed by atoms with E-state index in [4.69, 9.17) is 11.5 Å². The Bertz CT molecular complexity index is 414. The Morgan fingerprint density at radius 2 is 2.00 bits per heavy atom. The van der Waals surface area contributed by atoms with Crippen LogP contribution in [0, 0.1) is 24.2 Å². The minimum absolute atomic E-state index is 0.0152. The van der Waals surface area contributed by atoms with Crippen molar-refractivity contribution in [3.63, 3.8) is 0 Å². The number of alkyl halides is 3. The predicted octanol–water partition coefficient (Wildman–Crippen LogP) is 1.90. The summed E-state index contributed by atoms with van der Waals surface area (Å²) in [6.45, 7) is -0.797. The molecule has 1 saturated carbocycles. The molecular formula is C13H16F3NO3. The van der Waals surface area contributed by atoms with Crippen LogP contribution in [0.3, 0.4) is 0 Å². The first kappa shape index (κ1) is 16.3. The molecule has 2 atom stereocenters. The topological polar surface area (TPSA) is 57.6 Å². The molecule has 1 aliphatic carbocycles.